The van der Waals surface area contributed by atoms with E-state index in [1.54, 1.807) is 17.5 Å². The van der Waals surface area contributed by atoms with Gasteiger partial charge in [-0.25, -0.2) is 4.98 Å². The van der Waals surface area contributed by atoms with Crippen molar-refractivity contribution in [3.8, 4) is 5.19 Å². The van der Waals surface area contributed by atoms with Crippen LogP contribution in [0.4, 0.5) is 0 Å². The molecule has 1 fully saturated rings. The van der Waals surface area contributed by atoms with Gasteiger partial charge in [0.15, 0.2) is 0 Å². The van der Waals surface area contributed by atoms with Crippen LogP contribution >= 0.6 is 11.3 Å². The number of hydrogen-bond donors (Lipinski definition) is 0. The van der Waals surface area contributed by atoms with Gasteiger partial charge in [0.1, 0.15) is 6.10 Å². The van der Waals surface area contributed by atoms with Crippen LogP contribution in [0.5, 0.6) is 5.19 Å². The first kappa shape index (κ1) is 12.6. The van der Waals surface area contributed by atoms with Gasteiger partial charge in [-0.05, 0) is 18.4 Å². The Morgan fingerprint density at radius 1 is 1.21 bits per heavy atom. The van der Waals surface area contributed by atoms with Gasteiger partial charge in [-0.15, -0.1) is 0 Å². The number of piperidine rings is 1. The summed E-state index contributed by atoms with van der Waals surface area (Å²) in [5.41, 5.74) is 1.39. The van der Waals surface area contributed by atoms with E-state index in [2.05, 4.69) is 40.2 Å². The molecular formula is C15H18N2OS. The van der Waals surface area contributed by atoms with Crippen molar-refractivity contribution in [2.75, 3.05) is 13.1 Å². The quantitative estimate of drug-likeness (QED) is 0.856. The van der Waals surface area contributed by atoms with Crippen LogP contribution in [-0.2, 0) is 6.54 Å². The number of hydrogen-bond acceptors (Lipinski definition) is 4. The summed E-state index contributed by atoms with van der Waals surface area (Å²) in [5, 5.41) is 2.77. The number of ether oxygens (including phenoxy) is 1. The standard InChI is InChI=1S/C15H18N2OS/c1-2-4-13(5-3-1)12-17-9-6-14(7-10-17)18-15-16-8-11-19-15/h1-5,8,11,14H,6-7,9-10,12H2. The molecule has 0 aliphatic carbocycles. The Morgan fingerprint density at radius 3 is 2.68 bits per heavy atom. The molecule has 3 nitrogen and oxygen atoms in total. The second-order valence-electron chi connectivity index (χ2n) is 4.88. The largest absolute Gasteiger partial charge is 0.467 e. The zero-order chi connectivity index (χ0) is 12.9. The summed E-state index contributed by atoms with van der Waals surface area (Å²) in [6.45, 7) is 3.25. The normalized spacial score (nSPS) is 17.5. The van der Waals surface area contributed by atoms with E-state index in [0.717, 1.165) is 37.7 Å². The molecule has 1 saturated heterocycles. The summed E-state index contributed by atoms with van der Waals surface area (Å²) in [4.78, 5) is 6.68. The fourth-order valence-electron chi connectivity index (χ4n) is 2.44. The fourth-order valence-corrected chi connectivity index (χ4v) is 2.99. The van der Waals surface area contributed by atoms with Gasteiger partial charge in [0, 0.05) is 31.2 Å². The van der Waals surface area contributed by atoms with E-state index in [9.17, 15) is 0 Å². The molecule has 100 valence electrons. The van der Waals surface area contributed by atoms with Crippen molar-refractivity contribution in [2.24, 2.45) is 0 Å². The average molecular weight is 274 g/mol. The minimum Gasteiger partial charge on any atom is -0.467 e. The van der Waals surface area contributed by atoms with Crippen LogP contribution in [0.1, 0.15) is 18.4 Å². The van der Waals surface area contributed by atoms with Crippen LogP contribution in [-0.4, -0.2) is 29.1 Å². The van der Waals surface area contributed by atoms with Gasteiger partial charge in [0.25, 0.3) is 5.19 Å². The lowest BCUT2D eigenvalue weighted by atomic mass is 10.1. The van der Waals surface area contributed by atoms with E-state index in [1.165, 1.54) is 5.56 Å². The summed E-state index contributed by atoms with van der Waals surface area (Å²) >= 11 is 1.57. The molecule has 0 bridgehead atoms. The molecular weight excluding hydrogens is 256 g/mol. The maximum absolute atomic E-state index is 5.87. The minimum atomic E-state index is 0.332. The Balaban J connectivity index is 1.47. The molecule has 4 heteroatoms. The van der Waals surface area contributed by atoms with Gasteiger partial charge in [-0.3, -0.25) is 4.90 Å². The third kappa shape index (κ3) is 3.55. The van der Waals surface area contributed by atoms with Crippen molar-refractivity contribution >= 4 is 11.3 Å². The third-order valence-corrected chi connectivity index (χ3v) is 4.12. The molecule has 2 heterocycles. The van der Waals surface area contributed by atoms with Gasteiger partial charge < -0.3 is 4.74 Å². The molecule has 0 unspecified atom stereocenters. The zero-order valence-electron chi connectivity index (χ0n) is 10.9. The van der Waals surface area contributed by atoms with Gasteiger partial charge >= 0.3 is 0 Å². The molecule has 0 radical (unpaired) electrons. The Hall–Kier alpha value is -1.39. The lowest BCUT2D eigenvalue weighted by molar-refractivity contribution is 0.0965. The van der Waals surface area contributed by atoms with E-state index in [1.807, 2.05) is 5.38 Å². The second-order valence-corrected chi connectivity index (χ2v) is 5.73. The van der Waals surface area contributed by atoms with E-state index < -0.39 is 0 Å². The van der Waals surface area contributed by atoms with Crippen molar-refractivity contribution in [2.45, 2.75) is 25.5 Å². The molecule has 0 spiro atoms. The highest BCUT2D eigenvalue weighted by Crippen LogP contribution is 2.21. The summed E-state index contributed by atoms with van der Waals surface area (Å²) in [6, 6.07) is 10.7. The van der Waals surface area contributed by atoms with Crippen LogP contribution < -0.4 is 4.74 Å². The maximum Gasteiger partial charge on any atom is 0.273 e. The molecule has 0 amide bonds. The number of thiazole rings is 1. The van der Waals surface area contributed by atoms with Gasteiger partial charge in [0.2, 0.25) is 0 Å². The average Bonchev–Trinajstić information content (AvgIpc) is 2.95. The topological polar surface area (TPSA) is 25.4 Å². The Kier molecular flexibility index (Phi) is 4.10. The van der Waals surface area contributed by atoms with Gasteiger partial charge in [-0.2, -0.15) is 0 Å². The van der Waals surface area contributed by atoms with Crippen molar-refractivity contribution in [1.82, 2.24) is 9.88 Å². The second kappa shape index (κ2) is 6.17. The summed E-state index contributed by atoms with van der Waals surface area (Å²) < 4.78 is 5.87. The highest BCUT2D eigenvalue weighted by molar-refractivity contribution is 7.11. The van der Waals surface area contributed by atoms with E-state index >= 15 is 0 Å². The molecule has 0 N–H and O–H groups in total. The molecule has 1 aromatic carbocycles. The third-order valence-electron chi connectivity index (χ3n) is 3.46. The van der Waals surface area contributed by atoms with Gasteiger partial charge in [-0.1, -0.05) is 41.7 Å². The number of nitrogens with zero attached hydrogens (tertiary/aromatic N) is 2. The van der Waals surface area contributed by atoms with Crippen LogP contribution in [0.15, 0.2) is 41.9 Å². The lowest BCUT2D eigenvalue weighted by Gasteiger charge is -2.31. The number of rotatable bonds is 4. The highest BCUT2D eigenvalue weighted by atomic mass is 32.1. The first-order chi connectivity index (χ1) is 9.40. The van der Waals surface area contributed by atoms with Crippen LogP contribution in [0.3, 0.4) is 0 Å². The zero-order valence-corrected chi connectivity index (χ0v) is 11.7. The monoisotopic (exact) mass is 274 g/mol. The highest BCUT2D eigenvalue weighted by Gasteiger charge is 2.21. The van der Waals surface area contributed by atoms with E-state index in [-0.39, 0.29) is 0 Å². The molecule has 1 aliphatic heterocycles. The molecule has 1 aliphatic rings. The first-order valence-corrected chi connectivity index (χ1v) is 7.60. The van der Waals surface area contributed by atoms with Crippen LogP contribution in [0.25, 0.3) is 0 Å². The van der Waals surface area contributed by atoms with Gasteiger partial charge in [0.05, 0.1) is 0 Å². The summed E-state index contributed by atoms with van der Waals surface area (Å²) in [5.74, 6) is 0. The smallest absolute Gasteiger partial charge is 0.273 e. The predicted octanol–water partition coefficient (Wildman–Crippen LogP) is 3.19. The van der Waals surface area contributed by atoms with Crippen molar-refractivity contribution in [3.63, 3.8) is 0 Å². The number of likely N-dealkylation sites (tertiary alicyclic amines) is 1. The predicted molar refractivity (Wildman–Crippen MR) is 77.5 cm³/mol. The van der Waals surface area contributed by atoms with Crippen molar-refractivity contribution in [3.05, 3.63) is 47.5 Å². The lowest BCUT2D eigenvalue weighted by Crippen LogP contribution is -2.37. The summed E-state index contributed by atoms with van der Waals surface area (Å²) in [6.07, 6.45) is 4.31. The molecule has 0 atom stereocenters. The van der Waals surface area contributed by atoms with Crippen molar-refractivity contribution in [1.29, 1.82) is 0 Å². The molecule has 19 heavy (non-hydrogen) atoms. The molecule has 3 rings (SSSR count). The molecule has 1 aromatic heterocycles. The first-order valence-electron chi connectivity index (χ1n) is 6.72. The van der Waals surface area contributed by atoms with Crippen molar-refractivity contribution < 1.29 is 4.74 Å². The summed E-state index contributed by atoms with van der Waals surface area (Å²) in [7, 11) is 0. The van der Waals surface area contributed by atoms with E-state index in [4.69, 9.17) is 4.74 Å². The SMILES string of the molecule is c1ccc(CN2CCC(Oc3nccs3)CC2)cc1. The fraction of sp³-hybridized carbons (Fsp3) is 0.400. The Labute approximate surface area is 117 Å². The molecule has 0 saturated carbocycles. The van der Waals surface area contributed by atoms with Crippen LogP contribution in [0.2, 0.25) is 0 Å². The van der Waals surface area contributed by atoms with E-state index in [0.29, 0.717) is 6.10 Å². The molecule has 2 aromatic rings. The number of aromatic nitrogens is 1. The maximum atomic E-state index is 5.87. The number of benzene rings is 1. The Morgan fingerprint density at radius 2 is 2.00 bits per heavy atom. The van der Waals surface area contributed by atoms with Crippen LogP contribution in [0, 0.1) is 0 Å². The minimum absolute atomic E-state index is 0.332. The Bertz CT molecular complexity index is 478.